The molecule has 0 bridgehead atoms. The molecule has 116 valence electrons. The topological polar surface area (TPSA) is 79.2 Å². The van der Waals surface area contributed by atoms with Gasteiger partial charge in [0.2, 0.25) is 0 Å². The molecule has 23 heavy (non-hydrogen) atoms. The van der Waals surface area contributed by atoms with Gasteiger partial charge in [0.1, 0.15) is 16.9 Å². The number of anilines is 1. The molecule has 1 aromatic carbocycles. The van der Waals surface area contributed by atoms with E-state index in [1.54, 1.807) is 11.4 Å². The smallest absolute Gasteiger partial charge is 0.331 e. The number of esters is 1. The first-order chi connectivity index (χ1) is 11.1. The van der Waals surface area contributed by atoms with Gasteiger partial charge in [-0.15, -0.1) is 11.3 Å². The molecule has 0 aliphatic carbocycles. The van der Waals surface area contributed by atoms with E-state index < -0.39 is 18.5 Å². The van der Waals surface area contributed by atoms with Crippen LogP contribution in [0.2, 0.25) is 0 Å². The first-order valence-corrected chi connectivity index (χ1v) is 7.34. The normalized spacial score (nSPS) is 10.3. The molecule has 0 aliphatic heterocycles. The van der Waals surface area contributed by atoms with Crippen LogP contribution in [0.4, 0.5) is 9.39 Å². The monoisotopic (exact) mass is 330 g/mol. The van der Waals surface area contributed by atoms with E-state index in [0.717, 1.165) is 6.08 Å². The summed E-state index contributed by atoms with van der Waals surface area (Å²) in [5.41, 5.74) is 0.982. The first kappa shape index (κ1) is 16.4. The maximum absolute atomic E-state index is 12.7. The number of halogens is 1. The standard InChI is InChI=1S/C16H11FN2O3S/c17-13-4-1-11(2-5-13)3-6-15(21)22-10-14(20)19-16-12(9-18)7-8-23-16/h1-8H,10H2,(H,19,20)/b6-3+. The summed E-state index contributed by atoms with van der Waals surface area (Å²) in [7, 11) is 0. The predicted molar refractivity (Wildman–Crippen MR) is 84.1 cm³/mol. The van der Waals surface area contributed by atoms with E-state index in [1.807, 2.05) is 6.07 Å². The molecule has 0 saturated carbocycles. The van der Waals surface area contributed by atoms with Crippen molar-refractivity contribution < 1.29 is 18.7 Å². The van der Waals surface area contributed by atoms with Gasteiger partial charge in [0, 0.05) is 6.08 Å². The number of rotatable bonds is 5. The van der Waals surface area contributed by atoms with E-state index in [9.17, 15) is 14.0 Å². The molecule has 1 amide bonds. The zero-order valence-electron chi connectivity index (χ0n) is 11.8. The number of nitriles is 1. The van der Waals surface area contributed by atoms with Crippen molar-refractivity contribution in [1.82, 2.24) is 0 Å². The van der Waals surface area contributed by atoms with Crippen molar-refractivity contribution in [1.29, 1.82) is 5.26 Å². The van der Waals surface area contributed by atoms with Crippen molar-refractivity contribution in [2.24, 2.45) is 0 Å². The second kappa shape index (κ2) is 7.87. The summed E-state index contributed by atoms with van der Waals surface area (Å²) in [5, 5.41) is 13.4. The van der Waals surface area contributed by atoms with Gasteiger partial charge in [0.05, 0.1) is 5.56 Å². The molecule has 0 spiro atoms. The fourth-order valence-electron chi connectivity index (χ4n) is 1.58. The lowest BCUT2D eigenvalue weighted by Gasteiger charge is -2.03. The Balaban J connectivity index is 1.81. The second-order valence-corrected chi connectivity index (χ2v) is 5.23. The van der Waals surface area contributed by atoms with Crippen LogP contribution in [-0.4, -0.2) is 18.5 Å². The van der Waals surface area contributed by atoms with Gasteiger partial charge in [-0.25, -0.2) is 9.18 Å². The van der Waals surface area contributed by atoms with E-state index in [1.165, 1.54) is 41.7 Å². The Bertz CT molecular complexity index is 775. The molecule has 0 atom stereocenters. The first-order valence-electron chi connectivity index (χ1n) is 6.46. The van der Waals surface area contributed by atoms with Crippen molar-refractivity contribution in [2.45, 2.75) is 0 Å². The highest BCUT2D eigenvalue weighted by molar-refractivity contribution is 7.14. The van der Waals surface area contributed by atoms with Crippen LogP contribution in [0.3, 0.4) is 0 Å². The van der Waals surface area contributed by atoms with Gasteiger partial charge in [-0.2, -0.15) is 5.26 Å². The molecular formula is C16H11FN2O3S. The third kappa shape index (κ3) is 5.05. The van der Waals surface area contributed by atoms with Crippen LogP contribution in [0.25, 0.3) is 6.08 Å². The number of benzene rings is 1. The lowest BCUT2D eigenvalue weighted by molar-refractivity contribution is -0.142. The summed E-state index contributed by atoms with van der Waals surface area (Å²) in [6, 6.07) is 9.07. The van der Waals surface area contributed by atoms with Crippen molar-refractivity contribution in [2.75, 3.05) is 11.9 Å². The second-order valence-electron chi connectivity index (χ2n) is 4.32. The largest absolute Gasteiger partial charge is 0.452 e. The van der Waals surface area contributed by atoms with E-state index in [2.05, 4.69) is 5.32 Å². The van der Waals surface area contributed by atoms with Gasteiger partial charge in [0.15, 0.2) is 6.61 Å². The Labute approximate surface area is 135 Å². The van der Waals surface area contributed by atoms with Crippen LogP contribution in [0.15, 0.2) is 41.8 Å². The Morgan fingerprint density at radius 2 is 2.04 bits per heavy atom. The van der Waals surface area contributed by atoms with Gasteiger partial charge >= 0.3 is 5.97 Å². The van der Waals surface area contributed by atoms with Crippen LogP contribution in [0, 0.1) is 17.1 Å². The van der Waals surface area contributed by atoms with Crippen LogP contribution >= 0.6 is 11.3 Å². The number of amides is 1. The Morgan fingerprint density at radius 3 is 2.74 bits per heavy atom. The van der Waals surface area contributed by atoms with Crippen LogP contribution in [0.1, 0.15) is 11.1 Å². The minimum Gasteiger partial charge on any atom is -0.452 e. The summed E-state index contributed by atoms with van der Waals surface area (Å²) in [5.74, 6) is -1.60. The molecule has 2 rings (SSSR count). The van der Waals surface area contributed by atoms with Crippen molar-refractivity contribution in [3.63, 3.8) is 0 Å². The number of nitrogens with zero attached hydrogens (tertiary/aromatic N) is 1. The zero-order valence-corrected chi connectivity index (χ0v) is 12.6. The van der Waals surface area contributed by atoms with E-state index >= 15 is 0 Å². The van der Waals surface area contributed by atoms with Crippen LogP contribution in [0.5, 0.6) is 0 Å². The highest BCUT2D eigenvalue weighted by atomic mass is 32.1. The summed E-state index contributed by atoms with van der Waals surface area (Å²) in [6.07, 6.45) is 2.60. The van der Waals surface area contributed by atoms with Crippen LogP contribution < -0.4 is 5.32 Å². The molecular weight excluding hydrogens is 319 g/mol. The van der Waals surface area contributed by atoms with E-state index in [-0.39, 0.29) is 5.82 Å². The molecule has 5 nitrogen and oxygen atoms in total. The molecule has 0 aliphatic rings. The molecule has 7 heteroatoms. The summed E-state index contributed by atoms with van der Waals surface area (Å²) in [4.78, 5) is 23.1. The molecule has 1 heterocycles. The number of hydrogen-bond donors (Lipinski definition) is 1. The lowest BCUT2D eigenvalue weighted by Crippen LogP contribution is -2.19. The summed E-state index contributed by atoms with van der Waals surface area (Å²) < 4.78 is 17.5. The molecule has 0 fully saturated rings. The third-order valence-electron chi connectivity index (χ3n) is 2.67. The maximum atomic E-state index is 12.7. The van der Waals surface area contributed by atoms with Gasteiger partial charge in [0.25, 0.3) is 5.91 Å². The average Bonchev–Trinajstić information content (AvgIpc) is 2.99. The van der Waals surface area contributed by atoms with Crippen LogP contribution in [-0.2, 0) is 14.3 Å². The molecule has 0 unspecified atom stereocenters. The fourth-order valence-corrected chi connectivity index (χ4v) is 2.33. The highest BCUT2D eigenvalue weighted by Gasteiger charge is 2.09. The van der Waals surface area contributed by atoms with Gasteiger partial charge in [-0.3, -0.25) is 4.79 Å². The maximum Gasteiger partial charge on any atom is 0.331 e. The van der Waals surface area contributed by atoms with E-state index in [0.29, 0.717) is 16.1 Å². The summed E-state index contributed by atoms with van der Waals surface area (Å²) in [6.45, 7) is -0.463. The number of carbonyl (C=O) groups is 2. The summed E-state index contributed by atoms with van der Waals surface area (Å²) >= 11 is 1.21. The predicted octanol–water partition coefficient (Wildman–Crippen LogP) is 2.95. The molecule has 1 N–H and O–H groups in total. The number of nitrogens with one attached hydrogen (secondary N) is 1. The average molecular weight is 330 g/mol. The minimum absolute atomic E-state index is 0.353. The number of hydrogen-bond acceptors (Lipinski definition) is 5. The minimum atomic E-state index is -0.698. The molecule has 0 saturated heterocycles. The van der Waals surface area contributed by atoms with Gasteiger partial charge in [-0.1, -0.05) is 12.1 Å². The Hall–Kier alpha value is -2.98. The molecule has 1 aromatic heterocycles. The molecule has 0 radical (unpaired) electrons. The number of thiophene rings is 1. The van der Waals surface area contributed by atoms with Crippen molar-refractivity contribution in [3.05, 3.63) is 58.7 Å². The molecule has 2 aromatic rings. The third-order valence-corrected chi connectivity index (χ3v) is 3.50. The lowest BCUT2D eigenvalue weighted by atomic mass is 10.2. The Morgan fingerprint density at radius 1 is 1.30 bits per heavy atom. The number of ether oxygens (including phenoxy) is 1. The number of carbonyl (C=O) groups excluding carboxylic acids is 2. The fraction of sp³-hybridized carbons (Fsp3) is 0.0625. The SMILES string of the molecule is N#Cc1ccsc1NC(=O)COC(=O)/C=C/c1ccc(F)cc1. The van der Waals surface area contributed by atoms with Gasteiger partial charge in [-0.05, 0) is 35.2 Å². The van der Waals surface area contributed by atoms with Crippen molar-refractivity contribution in [3.8, 4) is 6.07 Å². The van der Waals surface area contributed by atoms with Gasteiger partial charge < -0.3 is 10.1 Å². The van der Waals surface area contributed by atoms with E-state index in [4.69, 9.17) is 10.00 Å². The van der Waals surface area contributed by atoms with Crippen molar-refractivity contribution >= 4 is 34.3 Å². The zero-order chi connectivity index (χ0) is 16.7. The Kier molecular flexibility index (Phi) is 5.61. The highest BCUT2D eigenvalue weighted by Crippen LogP contribution is 2.21. The quantitative estimate of drug-likeness (QED) is 0.675.